The number of guanidine groups is 1. The number of hydroxylamine groups is 1. The monoisotopic (exact) mass is 222 g/mol. The number of hydrogen-bond acceptors (Lipinski definition) is 3. The Kier molecular flexibility index (Phi) is 4.28. The van der Waals surface area contributed by atoms with Crippen molar-refractivity contribution >= 4 is 17.7 Å². The minimum absolute atomic E-state index is 0.340. The zero-order valence-electron chi connectivity index (χ0n) is 8.93. The molecule has 1 rings (SSSR count). The first kappa shape index (κ1) is 12.0. The minimum Gasteiger partial charge on any atom is -0.369 e. The summed E-state index contributed by atoms with van der Waals surface area (Å²) >= 11 is 0. The molecular weight excluding hydrogens is 208 g/mol. The van der Waals surface area contributed by atoms with Crippen LogP contribution in [-0.2, 0) is 4.84 Å². The van der Waals surface area contributed by atoms with Crippen molar-refractivity contribution in [1.82, 2.24) is 5.48 Å². The molecule has 1 aromatic carbocycles. The van der Waals surface area contributed by atoms with Crippen LogP contribution in [0.25, 0.3) is 0 Å². The number of anilines is 1. The second-order valence-electron chi connectivity index (χ2n) is 2.90. The smallest absolute Gasteiger partial charge is 0.352 e. The van der Waals surface area contributed by atoms with Crippen LogP contribution in [0.3, 0.4) is 0 Å². The summed E-state index contributed by atoms with van der Waals surface area (Å²) in [7, 11) is 0. The van der Waals surface area contributed by atoms with E-state index in [1.54, 1.807) is 31.2 Å². The van der Waals surface area contributed by atoms with Crippen LogP contribution in [0.2, 0.25) is 0 Å². The van der Waals surface area contributed by atoms with E-state index in [-0.39, 0.29) is 5.96 Å². The van der Waals surface area contributed by atoms with Gasteiger partial charge in [-0.3, -0.25) is 10.2 Å². The van der Waals surface area contributed by atoms with Gasteiger partial charge in [0, 0.05) is 0 Å². The first-order chi connectivity index (χ1) is 7.66. The second-order valence-corrected chi connectivity index (χ2v) is 2.90. The van der Waals surface area contributed by atoms with Crippen molar-refractivity contribution in [2.45, 2.75) is 6.92 Å². The lowest BCUT2D eigenvalue weighted by molar-refractivity contribution is 0.0743. The molecular formula is C10H14N4O2. The summed E-state index contributed by atoms with van der Waals surface area (Å²) in [6.07, 6.45) is 0. The van der Waals surface area contributed by atoms with Crippen LogP contribution >= 0.6 is 0 Å². The van der Waals surface area contributed by atoms with E-state index in [1.165, 1.54) is 0 Å². The number of urea groups is 1. The van der Waals surface area contributed by atoms with E-state index in [9.17, 15) is 4.79 Å². The second kappa shape index (κ2) is 5.72. The highest BCUT2D eigenvalue weighted by atomic mass is 16.7. The summed E-state index contributed by atoms with van der Waals surface area (Å²) in [5.41, 5.74) is 8.02. The maximum absolute atomic E-state index is 11.6. The SMILES string of the molecule is CCONC(=O)N(C(=N)N)c1ccccc1. The van der Waals surface area contributed by atoms with Crippen molar-refractivity contribution in [3.63, 3.8) is 0 Å². The largest absolute Gasteiger partial charge is 0.369 e. The number of carbonyl (C=O) groups is 1. The van der Waals surface area contributed by atoms with Crippen LogP contribution in [0, 0.1) is 5.41 Å². The van der Waals surface area contributed by atoms with Crippen LogP contribution in [0.1, 0.15) is 6.92 Å². The summed E-state index contributed by atoms with van der Waals surface area (Å²) in [6.45, 7) is 2.08. The summed E-state index contributed by atoms with van der Waals surface area (Å²) in [6, 6.07) is 8.06. The van der Waals surface area contributed by atoms with Gasteiger partial charge in [-0.15, -0.1) is 0 Å². The van der Waals surface area contributed by atoms with E-state index >= 15 is 0 Å². The van der Waals surface area contributed by atoms with Crippen LogP contribution in [-0.4, -0.2) is 18.6 Å². The van der Waals surface area contributed by atoms with Crippen LogP contribution in [0.15, 0.2) is 30.3 Å². The third-order valence-corrected chi connectivity index (χ3v) is 1.76. The van der Waals surface area contributed by atoms with Crippen molar-refractivity contribution in [3.05, 3.63) is 30.3 Å². The molecule has 0 aliphatic heterocycles. The molecule has 16 heavy (non-hydrogen) atoms. The van der Waals surface area contributed by atoms with Crippen molar-refractivity contribution in [3.8, 4) is 0 Å². The molecule has 86 valence electrons. The van der Waals surface area contributed by atoms with Crippen molar-refractivity contribution in [1.29, 1.82) is 5.41 Å². The van der Waals surface area contributed by atoms with Gasteiger partial charge in [0.05, 0.1) is 12.3 Å². The molecule has 0 unspecified atom stereocenters. The van der Waals surface area contributed by atoms with Crippen molar-refractivity contribution < 1.29 is 9.63 Å². The normalized spacial score (nSPS) is 9.56. The van der Waals surface area contributed by atoms with Gasteiger partial charge in [0.15, 0.2) is 0 Å². The third kappa shape index (κ3) is 2.96. The molecule has 0 aromatic heterocycles. The van der Waals surface area contributed by atoms with E-state index < -0.39 is 6.03 Å². The van der Waals surface area contributed by atoms with Gasteiger partial charge in [0.2, 0.25) is 5.96 Å². The predicted molar refractivity (Wildman–Crippen MR) is 61.0 cm³/mol. The Labute approximate surface area is 93.5 Å². The lowest BCUT2D eigenvalue weighted by Gasteiger charge is -2.20. The van der Waals surface area contributed by atoms with Gasteiger partial charge in [-0.25, -0.2) is 15.2 Å². The van der Waals surface area contributed by atoms with Crippen LogP contribution in [0.4, 0.5) is 10.5 Å². The highest BCUT2D eigenvalue weighted by Gasteiger charge is 2.18. The lowest BCUT2D eigenvalue weighted by Crippen LogP contribution is -2.47. The minimum atomic E-state index is -0.597. The Hall–Kier alpha value is -2.08. The van der Waals surface area contributed by atoms with E-state index in [4.69, 9.17) is 16.0 Å². The van der Waals surface area contributed by atoms with Gasteiger partial charge in [-0.1, -0.05) is 18.2 Å². The maximum atomic E-state index is 11.6. The number of amides is 2. The fourth-order valence-electron chi connectivity index (χ4n) is 1.12. The summed E-state index contributed by atoms with van der Waals surface area (Å²) < 4.78 is 0. The van der Waals surface area contributed by atoms with E-state index in [0.717, 1.165) is 4.90 Å². The van der Waals surface area contributed by atoms with Gasteiger partial charge in [0.25, 0.3) is 0 Å². The van der Waals surface area contributed by atoms with Crippen LogP contribution in [0.5, 0.6) is 0 Å². The van der Waals surface area contributed by atoms with Gasteiger partial charge in [0.1, 0.15) is 0 Å². The van der Waals surface area contributed by atoms with Crippen molar-refractivity contribution in [2.24, 2.45) is 5.73 Å². The summed E-state index contributed by atoms with van der Waals surface area (Å²) in [4.78, 5) is 17.4. The van der Waals surface area contributed by atoms with Gasteiger partial charge in [-0.2, -0.15) is 0 Å². The number of carbonyl (C=O) groups excluding carboxylic acids is 1. The van der Waals surface area contributed by atoms with E-state index in [2.05, 4.69) is 5.48 Å². The number of benzene rings is 1. The van der Waals surface area contributed by atoms with E-state index in [0.29, 0.717) is 12.3 Å². The molecule has 0 heterocycles. The highest BCUT2D eigenvalue weighted by Crippen LogP contribution is 2.12. The molecule has 0 atom stereocenters. The predicted octanol–water partition coefficient (Wildman–Crippen LogP) is 1.05. The Bertz CT molecular complexity index is 366. The Morgan fingerprint density at radius 1 is 1.50 bits per heavy atom. The highest BCUT2D eigenvalue weighted by molar-refractivity contribution is 6.13. The molecule has 0 saturated carbocycles. The summed E-state index contributed by atoms with van der Waals surface area (Å²) in [5.74, 6) is -0.372. The Balaban J connectivity index is 2.84. The maximum Gasteiger partial charge on any atom is 0.352 e. The molecule has 0 radical (unpaired) electrons. The van der Waals surface area contributed by atoms with Gasteiger partial charge < -0.3 is 5.73 Å². The number of hydrogen-bond donors (Lipinski definition) is 3. The molecule has 0 fully saturated rings. The molecule has 0 spiro atoms. The topological polar surface area (TPSA) is 91.4 Å². The standard InChI is InChI=1S/C10H14N4O2/c1-2-16-13-10(15)14(9(11)12)8-6-4-3-5-7-8/h3-7H,2H2,1H3,(H3,11,12)(H,13,15). The molecule has 2 amide bonds. The lowest BCUT2D eigenvalue weighted by atomic mass is 10.3. The first-order valence-corrected chi connectivity index (χ1v) is 4.77. The van der Waals surface area contributed by atoms with Gasteiger partial charge in [-0.05, 0) is 19.1 Å². The Morgan fingerprint density at radius 3 is 2.62 bits per heavy atom. The molecule has 0 saturated heterocycles. The third-order valence-electron chi connectivity index (χ3n) is 1.76. The molecule has 6 heteroatoms. The first-order valence-electron chi connectivity index (χ1n) is 4.77. The number of nitrogens with zero attached hydrogens (tertiary/aromatic N) is 1. The molecule has 1 aromatic rings. The van der Waals surface area contributed by atoms with Crippen molar-refractivity contribution in [2.75, 3.05) is 11.5 Å². The fraction of sp³-hybridized carbons (Fsp3) is 0.200. The average molecular weight is 222 g/mol. The number of nitrogens with one attached hydrogen (secondary N) is 2. The van der Waals surface area contributed by atoms with Gasteiger partial charge >= 0.3 is 6.03 Å². The zero-order valence-corrected chi connectivity index (χ0v) is 8.93. The van der Waals surface area contributed by atoms with E-state index in [1.807, 2.05) is 6.07 Å². The molecule has 6 nitrogen and oxygen atoms in total. The quantitative estimate of drug-likeness (QED) is 0.405. The number of rotatable bonds is 3. The molecule has 0 aliphatic rings. The molecule has 0 aliphatic carbocycles. The van der Waals surface area contributed by atoms with Crippen LogP contribution < -0.4 is 16.1 Å². The average Bonchev–Trinajstić information content (AvgIpc) is 2.27. The number of para-hydroxylation sites is 1. The number of nitrogens with two attached hydrogens (primary N) is 1. The molecule has 0 bridgehead atoms. The Morgan fingerprint density at radius 2 is 2.12 bits per heavy atom. The summed E-state index contributed by atoms with van der Waals surface area (Å²) in [5, 5.41) is 7.34. The fourth-order valence-corrected chi connectivity index (χ4v) is 1.12. The molecule has 4 N–H and O–H groups in total. The zero-order chi connectivity index (χ0) is 12.0.